The van der Waals surface area contributed by atoms with Crippen LogP contribution in [0.3, 0.4) is 0 Å². The summed E-state index contributed by atoms with van der Waals surface area (Å²) in [5.41, 5.74) is 2.54. The summed E-state index contributed by atoms with van der Waals surface area (Å²) in [7, 11) is 0. The van der Waals surface area contributed by atoms with Gasteiger partial charge in [-0.3, -0.25) is 4.98 Å². The van der Waals surface area contributed by atoms with E-state index in [0.29, 0.717) is 0 Å². The quantitative estimate of drug-likeness (QED) is 0.728. The standard InChI is InChI=1S/C14H14NS/c1-2-6-13(7-3-1)12-16-11-9-14-8-4-5-10-15-14/h2-8,10H,9,11-12H2. The lowest BCUT2D eigenvalue weighted by molar-refractivity contribution is 1.05. The van der Waals surface area contributed by atoms with E-state index >= 15 is 0 Å². The summed E-state index contributed by atoms with van der Waals surface area (Å²) in [5, 5.41) is 0. The van der Waals surface area contributed by atoms with Crippen LogP contribution < -0.4 is 0 Å². The molecule has 1 radical (unpaired) electrons. The van der Waals surface area contributed by atoms with Crippen molar-refractivity contribution in [2.45, 2.75) is 12.2 Å². The van der Waals surface area contributed by atoms with Crippen LogP contribution in [0.15, 0.2) is 48.7 Å². The van der Waals surface area contributed by atoms with Crippen molar-refractivity contribution in [1.29, 1.82) is 0 Å². The molecule has 1 aromatic heterocycles. The van der Waals surface area contributed by atoms with Gasteiger partial charge in [0, 0.05) is 17.6 Å². The number of hydrogen-bond acceptors (Lipinski definition) is 2. The van der Waals surface area contributed by atoms with Gasteiger partial charge in [0.1, 0.15) is 0 Å². The van der Waals surface area contributed by atoms with E-state index in [1.807, 2.05) is 42.2 Å². The third kappa shape index (κ3) is 3.70. The minimum Gasteiger partial charge on any atom is -0.261 e. The van der Waals surface area contributed by atoms with Gasteiger partial charge in [-0.25, -0.2) is 0 Å². The second-order valence-electron chi connectivity index (χ2n) is 3.53. The number of benzene rings is 1. The van der Waals surface area contributed by atoms with Crippen molar-refractivity contribution in [2.24, 2.45) is 0 Å². The summed E-state index contributed by atoms with van der Waals surface area (Å²) >= 11 is 1.95. The van der Waals surface area contributed by atoms with E-state index in [1.165, 1.54) is 11.3 Å². The lowest BCUT2D eigenvalue weighted by atomic mass is 10.2. The lowest BCUT2D eigenvalue weighted by Gasteiger charge is -2.01. The van der Waals surface area contributed by atoms with Gasteiger partial charge in [0.05, 0.1) is 0 Å². The maximum Gasteiger partial charge on any atom is 0.0411 e. The summed E-state index contributed by atoms with van der Waals surface area (Å²) in [6.07, 6.45) is 2.90. The maximum atomic E-state index is 4.30. The first-order valence-electron chi connectivity index (χ1n) is 5.38. The fourth-order valence-corrected chi connectivity index (χ4v) is 2.36. The molecular formula is C14H14NS. The molecule has 81 valence electrons. The molecule has 2 heteroatoms. The molecule has 2 rings (SSSR count). The zero-order valence-corrected chi connectivity index (χ0v) is 9.91. The van der Waals surface area contributed by atoms with E-state index in [0.717, 1.165) is 17.9 Å². The van der Waals surface area contributed by atoms with Crippen LogP contribution >= 0.6 is 11.8 Å². The van der Waals surface area contributed by atoms with Crippen molar-refractivity contribution < 1.29 is 0 Å². The average molecular weight is 228 g/mol. The highest BCUT2D eigenvalue weighted by Gasteiger charge is 1.95. The number of rotatable bonds is 5. The summed E-state index contributed by atoms with van der Waals surface area (Å²) in [6.45, 7) is 0. The molecule has 2 aromatic rings. The number of nitrogens with zero attached hydrogens (tertiary/aromatic N) is 1. The predicted octanol–water partition coefficient (Wildman–Crippen LogP) is 3.36. The molecule has 16 heavy (non-hydrogen) atoms. The topological polar surface area (TPSA) is 12.9 Å². The van der Waals surface area contributed by atoms with E-state index < -0.39 is 0 Å². The molecule has 1 nitrogen and oxygen atoms in total. The Kier molecular flexibility index (Phi) is 4.44. The summed E-state index contributed by atoms with van der Waals surface area (Å²) in [6, 6.07) is 17.3. The van der Waals surface area contributed by atoms with Crippen molar-refractivity contribution in [1.82, 2.24) is 4.98 Å². The molecular weight excluding hydrogens is 214 g/mol. The van der Waals surface area contributed by atoms with Gasteiger partial charge in [-0.1, -0.05) is 30.3 Å². The zero-order chi connectivity index (χ0) is 11.1. The Balaban J connectivity index is 1.70. The normalized spacial score (nSPS) is 10.2. The molecule has 0 aliphatic heterocycles. The van der Waals surface area contributed by atoms with Gasteiger partial charge in [0.25, 0.3) is 0 Å². The Morgan fingerprint density at radius 2 is 2.00 bits per heavy atom. The summed E-state index contributed by atoms with van der Waals surface area (Å²) in [5.74, 6) is 2.19. The fraction of sp³-hybridized carbons (Fsp3) is 0.214. The van der Waals surface area contributed by atoms with Crippen molar-refractivity contribution in [3.63, 3.8) is 0 Å². The van der Waals surface area contributed by atoms with Crippen LogP contribution in [-0.4, -0.2) is 10.7 Å². The van der Waals surface area contributed by atoms with Gasteiger partial charge in [0.15, 0.2) is 0 Å². The summed E-state index contributed by atoms with van der Waals surface area (Å²) < 4.78 is 0. The van der Waals surface area contributed by atoms with Crippen molar-refractivity contribution >= 4 is 11.8 Å². The Morgan fingerprint density at radius 3 is 2.75 bits per heavy atom. The van der Waals surface area contributed by atoms with Gasteiger partial charge >= 0.3 is 0 Å². The van der Waals surface area contributed by atoms with E-state index in [4.69, 9.17) is 0 Å². The molecule has 0 unspecified atom stereocenters. The first kappa shape index (κ1) is 11.2. The monoisotopic (exact) mass is 228 g/mol. The molecule has 0 amide bonds. The molecule has 0 atom stereocenters. The van der Waals surface area contributed by atoms with Crippen LogP contribution in [-0.2, 0) is 12.2 Å². The Hall–Kier alpha value is -1.28. The SMILES string of the molecule is [c]1ccc(CSCCc2ccccn2)cc1. The molecule has 0 saturated heterocycles. The number of pyridine rings is 1. The molecule has 0 N–H and O–H groups in total. The fourth-order valence-electron chi connectivity index (χ4n) is 1.43. The minimum absolute atomic E-state index is 1.05. The zero-order valence-electron chi connectivity index (χ0n) is 9.10. The van der Waals surface area contributed by atoms with Crippen molar-refractivity contribution in [2.75, 3.05) is 5.75 Å². The Morgan fingerprint density at radius 1 is 1.12 bits per heavy atom. The predicted molar refractivity (Wildman–Crippen MR) is 69.4 cm³/mol. The Labute approximate surface area is 101 Å². The second kappa shape index (κ2) is 6.33. The van der Waals surface area contributed by atoms with Crippen LogP contribution in [0.1, 0.15) is 11.3 Å². The summed E-state index contributed by atoms with van der Waals surface area (Å²) in [4.78, 5) is 4.30. The molecule has 0 spiro atoms. The van der Waals surface area contributed by atoms with E-state index in [1.54, 1.807) is 0 Å². The first-order chi connectivity index (χ1) is 7.95. The van der Waals surface area contributed by atoms with Crippen LogP contribution in [0.4, 0.5) is 0 Å². The number of hydrogen-bond donors (Lipinski definition) is 0. The number of aromatic nitrogens is 1. The van der Waals surface area contributed by atoms with Gasteiger partial charge < -0.3 is 0 Å². The van der Waals surface area contributed by atoms with Gasteiger partial charge in [-0.05, 0) is 35.9 Å². The molecule has 0 fully saturated rings. The van der Waals surface area contributed by atoms with Crippen LogP contribution in [0.25, 0.3) is 0 Å². The maximum absolute atomic E-state index is 4.30. The van der Waals surface area contributed by atoms with E-state index in [-0.39, 0.29) is 0 Å². The van der Waals surface area contributed by atoms with Gasteiger partial charge in [0.2, 0.25) is 0 Å². The van der Waals surface area contributed by atoms with Gasteiger partial charge in [-0.15, -0.1) is 0 Å². The highest BCUT2D eigenvalue weighted by Crippen LogP contribution is 2.12. The molecule has 0 aliphatic carbocycles. The lowest BCUT2D eigenvalue weighted by Crippen LogP contribution is -1.92. The first-order valence-corrected chi connectivity index (χ1v) is 6.53. The molecule has 0 bridgehead atoms. The van der Waals surface area contributed by atoms with Gasteiger partial charge in [-0.2, -0.15) is 11.8 Å². The second-order valence-corrected chi connectivity index (χ2v) is 4.64. The highest BCUT2D eigenvalue weighted by molar-refractivity contribution is 7.98. The number of thioether (sulfide) groups is 1. The van der Waals surface area contributed by atoms with Crippen molar-refractivity contribution in [3.8, 4) is 0 Å². The van der Waals surface area contributed by atoms with E-state index in [2.05, 4.69) is 29.2 Å². The highest BCUT2D eigenvalue weighted by atomic mass is 32.2. The molecule has 1 aromatic carbocycles. The third-order valence-corrected chi connectivity index (χ3v) is 3.31. The molecule has 1 heterocycles. The van der Waals surface area contributed by atoms with E-state index in [9.17, 15) is 0 Å². The average Bonchev–Trinajstić information content (AvgIpc) is 2.37. The van der Waals surface area contributed by atoms with Crippen LogP contribution in [0.5, 0.6) is 0 Å². The molecule has 0 aliphatic rings. The minimum atomic E-state index is 1.05. The van der Waals surface area contributed by atoms with Crippen LogP contribution in [0, 0.1) is 6.07 Å². The smallest absolute Gasteiger partial charge is 0.0411 e. The van der Waals surface area contributed by atoms with Crippen LogP contribution in [0.2, 0.25) is 0 Å². The molecule has 0 saturated carbocycles. The van der Waals surface area contributed by atoms with Crippen molar-refractivity contribution in [3.05, 3.63) is 66.0 Å². The Bertz CT molecular complexity index is 358. The number of aryl methyl sites for hydroxylation is 1. The largest absolute Gasteiger partial charge is 0.261 e. The third-order valence-electron chi connectivity index (χ3n) is 2.28.